The monoisotopic (exact) mass is 350 g/mol. The first kappa shape index (κ1) is 20.7. The maximum Gasteiger partial charge on any atom is 0.407 e. The largest absolute Gasteiger partial charge is 0.444 e. The van der Waals surface area contributed by atoms with E-state index in [1.165, 1.54) is 18.2 Å². The Morgan fingerprint density at radius 1 is 1.12 bits per heavy atom. The number of alkyl carbamates (subject to hydrolysis) is 1. The number of carbonyl (C=O) groups is 2. The highest BCUT2D eigenvalue weighted by molar-refractivity contribution is 5.95. The van der Waals surface area contributed by atoms with Gasteiger partial charge < -0.3 is 15.4 Å². The molecule has 0 saturated heterocycles. The minimum atomic E-state index is -0.659. The smallest absolute Gasteiger partial charge is 0.407 e. The molecule has 0 aliphatic rings. The fraction of sp³-hybridized carbons (Fsp3) is 0.474. The second-order valence-electron chi connectivity index (χ2n) is 7.56. The zero-order valence-corrected chi connectivity index (χ0v) is 15.7. The maximum atomic E-state index is 12.9. The summed E-state index contributed by atoms with van der Waals surface area (Å²) in [5.41, 5.74) is 0.245. The molecule has 5 nitrogen and oxygen atoms in total. The summed E-state index contributed by atoms with van der Waals surface area (Å²) in [4.78, 5) is 23.9. The summed E-state index contributed by atoms with van der Waals surface area (Å²) in [5, 5.41) is 5.46. The van der Waals surface area contributed by atoms with E-state index in [9.17, 15) is 14.0 Å². The first-order chi connectivity index (χ1) is 11.4. The fourth-order valence-corrected chi connectivity index (χ4v) is 2.01. The maximum absolute atomic E-state index is 12.9. The zero-order valence-electron chi connectivity index (χ0n) is 15.7. The molecule has 25 heavy (non-hydrogen) atoms. The molecule has 2 amide bonds. The lowest BCUT2D eigenvalue weighted by molar-refractivity contribution is -0.117. The molecule has 2 N–H and O–H groups in total. The van der Waals surface area contributed by atoms with Crippen molar-refractivity contribution in [2.45, 2.75) is 52.7 Å². The number of allylic oxidation sites excluding steroid dienone is 1. The Labute approximate surface area is 148 Å². The number of benzene rings is 1. The third kappa shape index (κ3) is 8.33. The van der Waals surface area contributed by atoms with E-state index in [0.29, 0.717) is 5.57 Å². The van der Waals surface area contributed by atoms with Gasteiger partial charge in [-0.05, 0) is 64.8 Å². The van der Waals surface area contributed by atoms with E-state index in [2.05, 4.69) is 10.6 Å². The average molecular weight is 350 g/mol. The normalized spacial score (nSPS) is 12.5. The van der Waals surface area contributed by atoms with Crippen LogP contribution in [0.2, 0.25) is 0 Å². The summed E-state index contributed by atoms with van der Waals surface area (Å²) < 4.78 is 18.1. The lowest BCUT2D eigenvalue weighted by Gasteiger charge is -2.27. The standard InChI is InChI=1S/C19H27FN2O3/c1-13(14-7-9-15(20)10-8-14)11-16(23)22-19(5,6)12-21-17(24)25-18(2,3)4/h7-11H,12H2,1-6H3,(H,21,24)(H,22,23)/b13-11-. The molecule has 0 aliphatic carbocycles. The summed E-state index contributed by atoms with van der Waals surface area (Å²) >= 11 is 0. The Bertz CT molecular complexity index is 644. The van der Waals surface area contributed by atoms with Gasteiger partial charge in [0, 0.05) is 12.6 Å². The lowest BCUT2D eigenvalue weighted by Crippen LogP contribution is -2.51. The van der Waals surface area contributed by atoms with Crippen molar-refractivity contribution in [3.8, 4) is 0 Å². The third-order valence-electron chi connectivity index (χ3n) is 3.18. The molecule has 0 unspecified atom stereocenters. The minimum Gasteiger partial charge on any atom is -0.444 e. The van der Waals surface area contributed by atoms with E-state index >= 15 is 0 Å². The Hall–Kier alpha value is -2.37. The van der Waals surface area contributed by atoms with Crippen molar-refractivity contribution in [1.29, 1.82) is 0 Å². The third-order valence-corrected chi connectivity index (χ3v) is 3.18. The molecule has 6 heteroatoms. The molecule has 0 aromatic heterocycles. The van der Waals surface area contributed by atoms with Crippen molar-refractivity contribution in [3.63, 3.8) is 0 Å². The van der Waals surface area contributed by atoms with Crippen molar-refractivity contribution < 1.29 is 18.7 Å². The van der Waals surface area contributed by atoms with Crippen LogP contribution in [0.3, 0.4) is 0 Å². The number of amides is 2. The highest BCUT2D eigenvalue weighted by atomic mass is 19.1. The van der Waals surface area contributed by atoms with Crippen LogP contribution >= 0.6 is 0 Å². The fourth-order valence-electron chi connectivity index (χ4n) is 2.01. The van der Waals surface area contributed by atoms with Gasteiger partial charge in [0.1, 0.15) is 11.4 Å². The Balaban J connectivity index is 2.60. The number of nitrogens with one attached hydrogen (secondary N) is 2. The quantitative estimate of drug-likeness (QED) is 0.797. The van der Waals surface area contributed by atoms with E-state index < -0.39 is 17.2 Å². The predicted molar refractivity (Wildman–Crippen MR) is 96.5 cm³/mol. The van der Waals surface area contributed by atoms with Crippen LogP contribution in [0.1, 0.15) is 47.1 Å². The molecule has 138 valence electrons. The van der Waals surface area contributed by atoms with Gasteiger partial charge in [-0.2, -0.15) is 0 Å². The molecule has 1 rings (SSSR count). The van der Waals surface area contributed by atoms with Gasteiger partial charge in [-0.3, -0.25) is 4.79 Å². The molecular weight excluding hydrogens is 323 g/mol. The number of rotatable bonds is 5. The van der Waals surface area contributed by atoms with Gasteiger partial charge in [0.05, 0.1) is 5.54 Å². The van der Waals surface area contributed by atoms with Crippen LogP contribution < -0.4 is 10.6 Å². The van der Waals surface area contributed by atoms with Crippen LogP contribution in [0.5, 0.6) is 0 Å². The van der Waals surface area contributed by atoms with Crippen molar-refractivity contribution in [2.75, 3.05) is 6.54 Å². The number of ether oxygens (including phenoxy) is 1. The van der Waals surface area contributed by atoms with E-state index in [1.807, 2.05) is 0 Å². The van der Waals surface area contributed by atoms with Crippen LogP contribution in [0, 0.1) is 5.82 Å². The molecule has 0 spiro atoms. The summed E-state index contributed by atoms with van der Waals surface area (Å²) in [6.45, 7) is 10.9. The molecule has 1 aromatic carbocycles. The summed E-state index contributed by atoms with van der Waals surface area (Å²) in [5.74, 6) is -0.617. The highest BCUT2D eigenvalue weighted by Crippen LogP contribution is 2.14. The highest BCUT2D eigenvalue weighted by Gasteiger charge is 2.23. The summed E-state index contributed by atoms with van der Waals surface area (Å²) in [7, 11) is 0. The van der Waals surface area contributed by atoms with Gasteiger partial charge in [-0.25, -0.2) is 9.18 Å². The number of halogens is 1. The van der Waals surface area contributed by atoms with Gasteiger partial charge in [-0.15, -0.1) is 0 Å². The molecule has 0 fully saturated rings. The average Bonchev–Trinajstić information content (AvgIpc) is 2.43. The van der Waals surface area contributed by atoms with Crippen LogP contribution in [0.25, 0.3) is 5.57 Å². The molecule has 0 saturated carbocycles. The first-order valence-electron chi connectivity index (χ1n) is 8.11. The predicted octanol–water partition coefficient (Wildman–Crippen LogP) is 3.65. The van der Waals surface area contributed by atoms with Crippen LogP contribution in [-0.4, -0.2) is 29.7 Å². The molecule has 0 aliphatic heterocycles. The summed E-state index contributed by atoms with van der Waals surface area (Å²) in [6.07, 6.45) is 0.912. The number of hydrogen-bond acceptors (Lipinski definition) is 3. The lowest BCUT2D eigenvalue weighted by atomic mass is 10.0. The van der Waals surface area contributed by atoms with E-state index in [0.717, 1.165) is 5.56 Å². The van der Waals surface area contributed by atoms with Gasteiger partial charge >= 0.3 is 6.09 Å². The number of hydrogen-bond donors (Lipinski definition) is 2. The SMILES string of the molecule is C/C(=C/C(=O)NC(C)(C)CNC(=O)OC(C)(C)C)c1ccc(F)cc1. The summed E-state index contributed by atoms with van der Waals surface area (Å²) in [6, 6.07) is 5.92. The minimum absolute atomic E-state index is 0.219. The second kappa shape index (κ2) is 8.14. The van der Waals surface area contributed by atoms with E-state index in [-0.39, 0.29) is 18.3 Å². The Kier molecular flexibility index (Phi) is 6.73. The van der Waals surface area contributed by atoms with Crippen molar-refractivity contribution in [2.24, 2.45) is 0 Å². The molecular formula is C19H27FN2O3. The zero-order chi connectivity index (χ0) is 19.3. The molecule has 0 heterocycles. The van der Waals surface area contributed by atoms with Gasteiger partial charge in [0.15, 0.2) is 0 Å². The Morgan fingerprint density at radius 2 is 1.68 bits per heavy atom. The van der Waals surface area contributed by atoms with Gasteiger partial charge in [0.2, 0.25) is 5.91 Å². The molecule has 0 bridgehead atoms. The van der Waals surface area contributed by atoms with E-state index in [4.69, 9.17) is 4.74 Å². The molecule has 0 atom stereocenters. The van der Waals surface area contributed by atoms with Crippen molar-refractivity contribution >= 4 is 17.6 Å². The van der Waals surface area contributed by atoms with Gasteiger partial charge in [-0.1, -0.05) is 12.1 Å². The second-order valence-corrected chi connectivity index (χ2v) is 7.56. The van der Waals surface area contributed by atoms with Crippen LogP contribution in [-0.2, 0) is 9.53 Å². The number of carbonyl (C=O) groups excluding carboxylic acids is 2. The Morgan fingerprint density at radius 3 is 2.20 bits per heavy atom. The van der Waals surface area contributed by atoms with Crippen molar-refractivity contribution in [1.82, 2.24) is 10.6 Å². The van der Waals surface area contributed by atoms with Crippen LogP contribution in [0.15, 0.2) is 30.3 Å². The van der Waals surface area contributed by atoms with Crippen molar-refractivity contribution in [3.05, 3.63) is 41.7 Å². The first-order valence-corrected chi connectivity index (χ1v) is 8.11. The molecule has 0 radical (unpaired) electrons. The molecule has 1 aromatic rings. The van der Waals surface area contributed by atoms with Crippen LogP contribution in [0.4, 0.5) is 9.18 Å². The topological polar surface area (TPSA) is 67.4 Å². The van der Waals surface area contributed by atoms with Gasteiger partial charge in [0.25, 0.3) is 0 Å². The van der Waals surface area contributed by atoms with E-state index in [1.54, 1.807) is 53.7 Å².